The topological polar surface area (TPSA) is 106 Å². The third-order valence-electron chi connectivity index (χ3n) is 2.67. The van der Waals surface area contributed by atoms with E-state index >= 15 is 0 Å². The Morgan fingerprint density at radius 2 is 1.33 bits per heavy atom. The normalized spacial score (nSPS) is 12.0. The SMILES string of the molecule is CC(C)(C)c1ccc(O)c(C(C)(C)C)c1.O=P([O-])([O-])[O-].[Al+3]. The van der Waals surface area contributed by atoms with Gasteiger partial charge in [-0.1, -0.05) is 53.7 Å². The average Bonchev–Trinajstić information content (AvgIpc) is 2.11. The second-order valence-corrected chi connectivity index (χ2v) is 7.57. The van der Waals surface area contributed by atoms with Crippen molar-refractivity contribution < 1.29 is 24.4 Å². The Labute approximate surface area is 137 Å². The molecule has 1 rings (SSSR count). The van der Waals surface area contributed by atoms with Crippen LogP contribution in [0.1, 0.15) is 52.7 Å². The van der Waals surface area contributed by atoms with Gasteiger partial charge in [-0.05, 0) is 28.0 Å². The van der Waals surface area contributed by atoms with Gasteiger partial charge < -0.3 is 24.4 Å². The molecule has 116 valence electrons. The van der Waals surface area contributed by atoms with Crippen LogP contribution in [-0.2, 0) is 15.4 Å². The largest absolute Gasteiger partial charge is 3.00 e. The molecule has 0 spiro atoms. The van der Waals surface area contributed by atoms with Gasteiger partial charge in [0.2, 0.25) is 0 Å². The zero-order valence-electron chi connectivity index (χ0n) is 13.3. The summed E-state index contributed by atoms with van der Waals surface area (Å²) in [6.07, 6.45) is 0. The Kier molecular flexibility index (Phi) is 8.50. The number of rotatable bonds is 0. The smallest absolute Gasteiger partial charge is 0.822 e. The molecule has 0 aliphatic carbocycles. The summed E-state index contributed by atoms with van der Waals surface area (Å²) in [6, 6.07) is 5.93. The van der Waals surface area contributed by atoms with Crippen LogP contribution in [0.4, 0.5) is 0 Å². The van der Waals surface area contributed by atoms with Crippen LogP contribution in [-0.4, -0.2) is 22.5 Å². The van der Waals surface area contributed by atoms with Gasteiger partial charge in [0.15, 0.2) is 0 Å². The van der Waals surface area contributed by atoms with Gasteiger partial charge >= 0.3 is 17.4 Å². The van der Waals surface area contributed by atoms with E-state index in [2.05, 4.69) is 47.6 Å². The van der Waals surface area contributed by atoms with E-state index in [1.165, 1.54) is 5.56 Å². The van der Waals surface area contributed by atoms with Gasteiger partial charge in [-0.3, -0.25) is 0 Å². The van der Waals surface area contributed by atoms with Gasteiger partial charge in [-0.2, -0.15) is 7.82 Å². The molecule has 1 N–H and O–H groups in total. The molecule has 0 atom stereocenters. The van der Waals surface area contributed by atoms with Crippen LogP contribution in [0.15, 0.2) is 18.2 Å². The Hall–Kier alpha value is -0.338. The number of aromatic hydroxyl groups is 1. The molecule has 0 bridgehead atoms. The minimum absolute atomic E-state index is 0. The number of benzene rings is 1. The Balaban J connectivity index is 0. The number of phosphoric acid groups is 1. The fraction of sp³-hybridized carbons (Fsp3) is 0.571. The van der Waals surface area contributed by atoms with Crippen LogP contribution in [0.3, 0.4) is 0 Å². The first kappa shape index (κ1) is 22.9. The van der Waals surface area contributed by atoms with Crippen molar-refractivity contribution in [3.8, 4) is 5.75 Å². The summed E-state index contributed by atoms with van der Waals surface area (Å²) in [5, 5.41) is 9.84. The van der Waals surface area contributed by atoms with Crippen LogP contribution in [0.2, 0.25) is 0 Å². The zero-order chi connectivity index (χ0) is 16.4. The van der Waals surface area contributed by atoms with Gasteiger partial charge in [0.05, 0.1) is 0 Å². The summed E-state index contributed by atoms with van der Waals surface area (Å²) in [5.74, 6) is 0.399. The molecule has 0 aromatic heterocycles. The van der Waals surface area contributed by atoms with Gasteiger partial charge in [-0.25, -0.2) is 0 Å². The minimum atomic E-state index is -5.39. The molecule has 21 heavy (non-hydrogen) atoms. The molecular formula is C14H22AlO5P. The first-order valence-electron chi connectivity index (χ1n) is 6.19. The quantitative estimate of drug-likeness (QED) is 0.559. The molecule has 0 unspecified atom stereocenters. The molecule has 1 aromatic carbocycles. The monoisotopic (exact) mass is 328 g/mol. The van der Waals surface area contributed by atoms with E-state index in [0.717, 1.165) is 5.56 Å². The van der Waals surface area contributed by atoms with Crippen LogP contribution < -0.4 is 14.7 Å². The molecule has 0 aliphatic heterocycles. The maximum absolute atomic E-state index is 9.84. The fourth-order valence-electron chi connectivity index (χ4n) is 1.60. The van der Waals surface area contributed by atoms with E-state index in [4.69, 9.17) is 19.2 Å². The molecule has 0 saturated heterocycles. The Morgan fingerprint density at radius 3 is 1.62 bits per heavy atom. The third-order valence-corrected chi connectivity index (χ3v) is 2.67. The van der Waals surface area contributed by atoms with E-state index < -0.39 is 7.82 Å². The van der Waals surface area contributed by atoms with Crippen molar-refractivity contribution in [2.24, 2.45) is 0 Å². The van der Waals surface area contributed by atoms with Gasteiger partial charge in [0.25, 0.3) is 0 Å². The van der Waals surface area contributed by atoms with Crippen molar-refractivity contribution in [2.75, 3.05) is 0 Å². The van der Waals surface area contributed by atoms with Crippen LogP contribution in [0.25, 0.3) is 0 Å². The molecular weight excluding hydrogens is 306 g/mol. The standard InChI is InChI=1S/C14H22O.Al.H3O4P/c1-13(2,3)10-7-8-12(15)11(9-10)14(4,5)6;;1-5(2,3)4/h7-9,15H,1-6H3;;(H3,1,2,3,4)/q;+3;/p-3. The Bertz CT molecular complexity index is 489. The van der Waals surface area contributed by atoms with Crippen molar-refractivity contribution in [3.63, 3.8) is 0 Å². The fourth-order valence-corrected chi connectivity index (χ4v) is 1.60. The van der Waals surface area contributed by atoms with Crippen LogP contribution >= 0.6 is 7.82 Å². The van der Waals surface area contributed by atoms with Gasteiger partial charge in [-0.15, -0.1) is 0 Å². The molecule has 0 radical (unpaired) electrons. The summed E-state index contributed by atoms with van der Waals surface area (Å²) in [6.45, 7) is 12.9. The molecule has 0 heterocycles. The summed E-state index contributed by atoms with van der Waals surface area (Å²) in [7, 11) is -5.39. The molecule has 5 nitrogen and oxygen atoms in total. The van der Waals surface area contributed by atoms with Crippen molar-refractivity contribution in [2.45, 2.75) is 52.4 Å². The predicted molar refractivity (Wildman–Crippen MR) is 78.9 cm³/mol. The number of hydrogen-bond donors (Lipinski definition) is 1. The summed E-state index contributed by atoms with van der Waals surface area (Å²) < 4.78 is 8.55. The number of phenolic OH excluding ortho intramolecular Hbond substituents is 1. The second-order valence-electron chi connectivity index (χ2n) is 6.68. The van der Waals surface area contributed by atoms with Gasteiger partial charge in [0.1, 0.15) is 5.75 Å². The van der Waals surface area contributed by atoms with Crippen molar-refractivity contribution in [1.82, 2.24) is 0 Å². The van der Waals surface area contributed by atoms with E-state index in [1.54, 1.807) is 6.07 Å². The van der Waals surface area contributed by atoms with E-state index in [1.807, 2.05) is 6.07 Å². The minimum Gasteiger partial charge on any atom is -0.822 e. The van der Waals surface area contributed by atoms with Gasteiger partial charge in [0, 0.05) is 0 Å². The summed E-state index contributed by atoms with van der Waals surface area (Å²) in [4.78, 5) is 25.6. The maximum Gasteiger partial charge on any atom is 3.00 e. The molecule has 0 aliphatic rings. The van der Waals surface area contributed by atoms with E-state index in [-0.39, 0.29) is 28.2 Å². The maximum atomic E-state index is 9.84. The third kappa shape index (κ3) is 10.1. The van der Waals surface area contributed by atoms with Crippen molar-refractivity contribution in [3.05, 3.63) is 29.3 Å². The molecule has 7 heteroatoms. The van der Waals surface area contributed by atoms with Crippen molar-refractivity contribution in [1.29, 1.82) is 0 Å². The molecule has 1 aromatic rings. The molecule has 0 fully saturated rings. The Morgan fingerprint density at radius 1 is 0.952 bits per heavy atom. The first-order chi connectivity index (χ1) is 8.62. The average molecular weight is 328 g/mol. The number of hydrogen-bond acceptors (Lipinski definition) is 5. The second kappa shape index (κ2) is 7.78. The van der Waals surface area contributed by atoms with E-state index in [0.29, 0.717) is 5.75 Å². The molecule has 0 amide bonds. The predicted octanol–water partition coefficient (Wildman–Crippen LogP) is 0.782. The van der Waals surface area contributed by atoms with Crippen LogP contribution in [0, 0.1) is 0 Å². The van der Waals surface area contributed by atoms with E-state index in [9.17, 15) is 5.11 Å². The first-order valence-corrected chi connectivity index (χ1v) is 7.65. The number of phenols is 1. The summed E-state index contributed by atoms with van der Waals surface area (Å²) in [5.41, 5.74) is 2.42. The molecule has 0 saturated carbocycles. The zero-order valence-corrected chi connectivity index (χ0v) is 15.4. The van der Waals surface area contributed by atoms with Crippen LogP contribution in [0.5, 0.6) is 5.75 Å². The van der Waals surface area contributed by atoms with Crippen molar-refractivity contribution >= 4 is 25.2 Å². The summed E-state index contributed by atoms with van der Waals surface area (Å²) >= 11 is 0.